The maximum atomic E-state index is 13.8. The molecule has 207 valence electrons. The molecule has 0 aromatic heterocycles. The van der Waals surface area contributed by atoms with Gasteiger partial charge in [0.25, 0.3) is 21.8 Å². The van der Waals surface area contributed by atoms with Crippen molar-refractivity contribution >= 4 is 40.9 Å². The monoisotopic (exact) mass is 561 g/mol. The van der Waals surface area contributed by atoms with E-state index in [-0.39, 0.29) is 16.2 Å². The van der Waals surface area contributed by atoms with Crippen LogP contribution in [-0.2, 0) is 10.0 Å². The van der Waals surface area contributed by atoms with Crippen molar-refractivity contribution < 1.29 is 27.9 Å². The number of aryl methyl sites for hydroxylation is 1. The average molecular weight is 561 g/mol. The quantitative estimate of drug-likeness (QED) is 0.364. The third kappa shape index (κ3) is 5.53. The summed E-state index contributed by atoms with van der Waals surface area (Å²) in [5.74, 6) is -1.05. The molecular formula is C28H30BN4O6S. The van der Waals surface area contributed by atoms with Gasteiger partial charge < -0.3 is 9.84 Å². The van der Waals surface area contributed by atoms with Crippen LogP contribution in [0.5, 0.6) is 11.5 Å². The van der Waals surface area contributed by atoms with E-state index in [2.05, 4.69) is 10.5 Å². The number of hydrazone groups is 1. The number of phenolic OH excluding ortho intramolecular Hbond substituents is 1. The molecule has 0 atom stereocenters. The average Bonchev–Trinajstić information content (AvgIpc) is 2.90. The van der Waals surface area contributed by atoms with Crippen LogP contribution < -0.4 is 15.6 Å². The molecule has 0 spiro atoms. The largest absolute Gasteiger partial charge is 0.507 e. The van der Waals surface area contributed by atoms with E-state index in [0.717, 1.165) is 14.9 Å². The first-order valence-corrected chi connectivity index (χ1v) is 13.8. The fraction of sp³-hybridized carbons (Fsp3) is 0.250. The van der Waals surface area contributed by atoms with Gasteiger partial charge in [-0.3, -0.25) is 15.0 Å². The second kappa shape index (κ2) is 10.7. The number of carbonyl (C=O) groups excluding carboxylic acids is 2. The van der Waals surface area contributed by atoms with Crippen molar-refractivity contribution in [2.24, 2.45) is 5.10 Å². The topological polar surface area (TPSA) is 129 Å². The van der Waals surface area contributed by atoms with E-state index in [9.17, 15) is 23.1 Å². The highest BCUT2D eigenvalue weighted by atomic mass is 32.2. The lowest BCUT2D eigenvalue weighted by molar-refractivity contribution is 0.0356. The van der Waals surface area contributed by atoms with E-state index in [1.807, 2.05) is 6.92 Å². The van der Waals surface area contributed by atoms with Crippen LogP contribution in [0.3, 0.4) is 0 Å². The summed E-state index contributed by atoms with van der Waals surface area (Å²) in [5.41, 5.74) is 4.23. The predicted octanol–water partition coefficient (Wildman–Crippen LogP) is 2.89. The number of hydrogen-bond donors (Lipinski definition) is 2. The van der Waals surface area contributed by atoms with Gasteiger partial charge in [-0.25, -0.2) is 17.8 Å². The van der Waals surface area contributed by atoms with Gasteiger partial charge >= 0.3 is 7.41 Å². The summed E-state index contributed by atoms with van der Waals surface area (Å²) in [6.45, 7) is 8.78. The molecule has 1 aliphatic heterocycles. The predicted molar refractivity (Wildman–Crippen MR) is 152 cm³/mol. The highest BCUT2D eigenvalue weighted by Gasteiger charge is 2.34. The molecule has 0 bridgehead atoms. The Hall–Kier alpha value is -4.32. The zero-order valence-electron chi connectivity index (χ0n) is 23.1. The molecule has 1 radical (unpaired) electrons. The van der Waals surface area contributed by atoms with E-state index in [4.69, 9.17) is 4.74 Å². The molecule has 2 N–H and O–H groups in total. The van der Waals surface area contributed by atoms with Crippen molar-refractivity contribution in [3.05, 3.63) is 82.4 Å². The first kappa shape index (κ1) is 28.7. The standard InChI is InChI=1S/C28H30BN4O6S/c1-17-10-12-20(13-11-17)40(37,38)33-29-23-15-22(24(34)14-19(23)16-30-33)27(36)32(28(3,4)5)31-26(35)21-8-7-9-25(39-6)18(21)2/h7-16,34H,1-6H3,(H,31,35). The number of rotatable bonds is 5. The molecule has 0 aliphatic carbocycles. The second-order valence-corrected chi connectivity index (χ2v) is 12.1. The smallest absolute Gasteiger partial charge is 0.334 e. The van der Waals surface area contributed by atoms with E-state index in [1.165, 1.54) is 45.0 Å². The number of aromatic hydroxyl groups is 1. The van der Waals surface area contributed by atoms with E-state index in [1.54, 1.807) is 58.0 Å². The number of fused-ring (bicyclic) bond motifs is 1. The second-order valence-electron chi connectivity index (χ2n) is 10.3. The van der Waals surface area contributed by atoms with Crippen LogP contribution in [-0.4, -0.2) is 61.0 Å². The SMILES string of the molecule is COc1cccc(C(=O)NN(C(=O)c2cc3c(cc2O)C=NN(S(=O)(=O)c2ccc(C)cc2)[B]3)C(C)(C)C)c1C. The molecule has 3 aromatic carbocycles. The molecular weight excluding hydrogens is 531 g/mol. The van der Waals surface area contributed by atoms with Gasteiger partial charge in [0.2, 0.25) is 0 Å². The first-order valence-electron chi connectivity index (χ1n) is 12.4. The van der Waals surface area contributed by atoms with Gasteiger partial charge in [0, 0.05) is 11.1 Å². The zero-order valence-corrected chi connectivity index (χ0v) is 23.9. The summed E-state index contributed by atoms with van der Waals surface area (Å²) in [6.07, 6.45) is 1.30. The number of sulfonamides is 1. The van der Waals surface area contributed by atoms with Crippen molar-refractivity contribution in [3.8, 4) is 11.5 Å². The molecule has 4 rings (SSSR count). The summed E-state index contributed by atoms with van der Waals surface area (Å²) in [4.78, 5) is 27.0. The Morgan fingerprint density at radius 3 is 2.35 bits per heavy atom. The molecule has 0 unspecified atom stereocenters. The number of ether oxygens (including phenoxy) is 1. The number of nitrogens with zero attached hydrogens (tertiary/aromatic N) is 3. The van der Waals surface area contributed by atoms with Crippen LogP contribution in [0.2, 0.25) is 0 Å². The minimum Gasteiger partial charge on any atom is -0.507 e. The number of hydrazine groups is 1. The van der Waals surface area contributed by atoms with Gasteiger partial charge in [-0.2, -0.15) is 5.10 Å². The Morgan fingerprint density at radius 1 is 1.05 bits per heavy atom. The van der Waals surface area contributed by atoms with Gasteiger partial charge in [-0.15, -0.1) is 0 Å². The molecule has 1 aliphatic rings. The van der Waals surface area contributed by atoms with Crippen LogP contribution >= 0.6 is 0 Å². The summed E-state index contributed by atoms with van der Waals surface area (Å²) in [5, 5.41) is 15.9. The van der Waals surface area contributed by atoms with Gasteiger partial charge in [-0.05, 0) is 82.0 Å². The molecule has 12 heteroatoms. The number of nitrogens with one attached hydrogen (secondary N) is 1. The van der Waals surface area contributed by atoms with Crippen molar-refractivity contribution in [1.29, 1.82) is 0 Å². The highest BCUT2D eigenvalue weighted by Crippen LogP contribution is 2.26. The highest BCUT2D eigenvalue weighted by molar-refractivity contribution is 7.90. The Bertz CT molecular complexity index is 1610. The van der Waals surface area contributed by atoms with Gasteiger partial charge in [0.15, 0.2) is 0 Å². The molecule has 0 fully saturated rings. The Labute approximate surface area is 234 Å². The molecule has 10 nitrogen and oxygen atoms in total. The Balaban J connectivity index is 1.65. The van der Waals surface area contributed by atoms with Crippen LogP contribution in [0.1, 0.15) is 58.2 Å². The summed E-state index contributed by atoms with van der Waals surface area (Å²) in [7, 11) is -1.23. The number of amides is 2. The molecule has 3 aromatic rings. The number of methoxy groups -OCH3 is 1. The van der Waals surface area contributed by atoms with Crippen LogP contribution in [0.4, 0.5) is 0 Å². The van der Waals surface area contributed by atoms with E-state index < -0.39 is 27.4 Å². The summed E-state index contributed by atoms with van der Waals surface area (Å²) < 4.78 is 32.5. The van der Waals surface area contributed by atoms with E-state index in [0.29, 0.717) is 27.9 Å². The van der Waals surface area contributed by atoms with Crippen LogP contribution in [0.25, 0.3) is 0 Å². The lowest BCUT2D eigenvalue weighted by Crippen LogP contribution is -2.56. The van der Waals surface area contributed by atoms with Crippen molar-refractivity contribution in [3.63, 3.8) is 0 Å². The Kier molecular flexibility index (Phi) is 7.66. The third-order valence-electron chi connectivity index (χ3n) is 6.39. The number of hydrogen-bond acceptors (Lipinski definition) is 7. The Morgan fingerprint density at radius 2 is 1.73 bits per heavy atom. The number of benzene rings is 3. The summed E-state index contributed by atoms with van der Waals surface area (Å²) in [6, 6.07) is 14.1. The molecule has 40 heavy (non-hydrogen) atoms. The van der Waals surface area contributed by atoms with Crippen molar-refractivity contribution in [1.82, 2.24) is 14.8 Å². The fourth-order valence-electron chi connectivity index (χ4n) is 4.12. The van der Waals surface area contributed by atoms with Crippen LogP contribution in [0, 0.1) is 13.8 Å². The fourth-order valence-corrected chi connectivity index (χ4v) is 5.24. The maximum Gasteiger partial charge on any atom is 0.334 e. The zero-order chi connectivity index (χ0) is 29.4. The molecule has 1 heterocycles. The summed E-state index contributed by atoms with van der Waals surface area (Å²) >= 11 is 0. The van der Waals surface area contributed by atoms with E-state index >= 15 is 0 Å². The minimum absolute atomic E-state index is 0.0551. The third-order valence-corrected chi connectivity index (χ3v) is 7.95. The van der Waals surface area contributed by atoms with Crippen LogP contribution in [0.15, 0.2) is 64.6 Å². The van der Waals surface area contributed by atoms with Gasteiger partial charge in [-0.1, -0.05) is 23.8 Å². The minimum atomic E-state index is -4.01. The lowest BCUT2D eigenvalue weighted by atomic mass is 9.78. The van der Waals surface area contributed by atoms with Gasteiger partial charge in [0.05, 0.1) is 29.3 Å². The molecule has 2 amide bonds. The number of phenols is 1. The van der Waals surface area contributed by atoms with Gasteiger partial charge in [0.1, 0.15) is 11.5 Å². The molecule has 0 saturated carbocycles. The maximum absolute atomic E-state index is 13.8. The lowest BCUT2D eigenvalue weighted by Gasteiger charge is -2.36. The number of carbonyl (C=O) groups is 2. The molecule has 0 saturated heterocycles. The normalized spacial score (nSPS) is 12.8. The first-order chi connectivity index (χ1) is 18.7. The van der Waals surface area contributed by atoms with Crippen molar-refractivity contribution in [2.75, 3.05) is 7.11 Å². The van der Waals surface area contributed by atoms with Crippen molar-refractivity contribution in [2.45, 2.75) is 45.1 Å².